The molecule has 0 bridgehead atoms. The van der Waals surface area contributed by atoms with E-state index in [0.29, 0.717) is 0 Å². The zero-order valence-electron chi connectivity index (χ0n) is 18.4. The van der Waals surface area contributed by atoms with E-state index in [4.69, 9.17) is 17.0 Å². The van der Waals surface area contributed by atoms with Crippen LogP contribution in [-0.2, 0) is 20.8 Å². The second-order valence-corrected chi connectivity index (χ2v) is 14.1. The van der Waals surface area contributed by atoms with E-state index in [9.17, 15) is 0 Å². The van der Waals surface area contributed by atoms with Crippen molar-refractivity contribution < 1.29 is 20.8 Å². The number of rotatable bonds is 7. The maximum atomic E-state index is 4.93. The molecule has 2 aliphatic carbocycles. The predicted octanol–water partition coefficient (Wildman–Crippen LogP) is 9.13. The molecule has 4 heteroatoms. The molecule has 162 valence electrons. The summed E-state index contributed by atoms with van der Waals surface area (Å²) in [6, 6.07) is 13.6. The quantitative estimate of drug-likeness (QED) is 0.243. The Morgan fingerprint density at radius 1 is 1.10 bits per heavy atom. The second kappa shape index (κ2) is 15.8. The first-order valence-corrected chi connectivity index (χ1v) is 19.3. The van der Waals surface area contributed by atoms with Gasteiger partial charge in [0.1, 0.15) is 0 Å². The van der Waals surface area contributed by atoms with Gasteiger partial charge in [0.05, 0.1) is 0 Å². The number of fused-ring (bicyclic) bond motifs is 2. The van der Waals surface area contributed by atoms with E-state index >= 15 is 0 Å². The summed E-state index contributed by atoms with van der Waals surface area (Å²) in [5.74, 6) is 0.884. The van der Waals surface area contributed by atoms with E-state index < -0.39 is 20.8 Å². The standard InChI is InChI=1S/C17H24P.C9H11.2ClH.Zr/c1-3-5-11-18(12-6-4-2)17-13-15-9-7-8-10-16(15)14-17;1-2-5-9-7-3-6-8(9)4-1;;;/h7-10,13-14H,3-6,11-12H2,1-2H3;1-2,4,6,9H,3,5,7H2;2*1H;/q2*-1;;;+4/p-2. The minimum absolute atomic E-state index is 0.0856. The Morgan fingerprint density at radius 3 is 2.43 bits per heavy atom. The summed E-state index contributed by atoms with van der Waals surface area (Å²) in [5.41, 5.74) is 1.58. The molecule has 1 unspecified atom stereocenters. The first kappa shape index (κ1) is 26.3. The van der Waals surface area contributed by atoms with E-state index in [2.05, 4.69) is 74.9 Å². The van der Waals surface area contributed by atoms with Crippen molar-refractivity contribution in [2.75, 3.05) is 12.3 Å². The van der Waals surface area contributed by atoms with Crippen molar-refractivity contribution in [1.29, 1.82) is 0 Å². The van der Waals surface area contributed by atoms with Crippen molar-refractivity contribution in [2.45, 2.75) is 58.8 Å². The Labute approximate surface area is 204 Å². The molecule has 0 radical (unpaired) electrons. The van der Waals surface area contributed by atoms with Gasteiger partial charge in [-0.3, -0.25) is 0 Å². The van der Waals surface area contributed by atoms with Crippen molar-refractivity contribution in [3.63, 3.8) is 0 Å². The van der Waals surface area contributed by atoms with Gasteiger partial charge in [-0.25, -0.2) is 18.1 Å². The zero-order valence-corrected chi connectivity index (χ0v) is 23.3. The molecule has 0 aliphatic heterocycles. The molecular weight excluding hydrogens is 505 g/mol. The molecule has 4 rings (SSSR count). The molecule has 0 amide bonds. The van der Waals surface area contributed by atoms with Gasteiger partial charge in [-0.05, 0) is 37.5 Å². The molecule has 0 N–H and O–H groups in total. The Morgan fingerprint density at radius 2 is 1.80 bits per heavy atom. The number of hydrogen-bond donors (Lipinski definition) is 0. The molecule has 1 fully saturated rings. The molecule has 0 saturated heterocycles. The topological polar surface area (TPSA) is 0 Å². The third-order valence-electron chi connectivity index (χ3n) is 5.74. The summed E-state index contributed by atoms with van der Waals surface area (Å²) in [6.45, 7) is 4.60. The first-order chi connectivity index (χ1) is 14.7. The van der Waals surface area contributed by atoms with Crippen molar-refractivity contribution >= 4 is 41.0 Å². The molecule has 2 aliphatic rings. The Balaban J connectivity index is 0.000000220. The molecule has 2 aromatic rings. The van der Waals surface area contributed by atoms with Gasteiger partial charge >= 0.3 is 37.9 Å². The van der Waals surface area contributed by atoms with Crippen molar-refractivity contribution in [2.24, 2.45) is 5.92 Å². The Hall–Kier alpha value is 0.0731. The van der Waals surface area contributed by atoms with Crippen LogP contribution < -0.4 is 5.30 Å². The van der Waals surface area contributed by atoms with E-state index in [0.717, 1.165) is 5.92 Å². The van der Waals surface area contributed by atoms with Gasteiger partial charge in [-0.1, -0.05) is 47.1 Å². The van der Waals surface area contributed by atoms with Crippen LogP contribution in [0, 0.1) is 12.3 Å². The molecule has 0 heterocycles. The summed E-state index contributed by atoms with van der Waals surface area (Å²) in [5, 5.41) is 4.48. The zero-order chi connectivity index (χ0) is 21.6. The van der Waals surface area contributed by atoms with E-state index in [1.807, 2.05) is 0 Å². The molecule has 30 heavy (non-hydrogen) atoms. The van der Waals surface area contributed by atoms with Crippen LogP contribution in [0.3, 0.4) is 0 Å². The monoisotopic (exact) mass is 538 g/mol. The molecule has 0 aromatic heterocycles. The Kier molecular flexibility index (Phi) is 13.9. The predicted molar refractivity (Wildman–Crippen MR) is 136 cm³/mol. The van der Waals surface area contributed by atoms with Crippen LogP contribution in [0.25, 0.3) is 10.8 Å². The number of hydrogen-bond acceptors (Lipinski definition) is 0. The van der Waals surface area contributed by atoms with Crippen LogP contribution in [0.2, 0.25) is 0 Å². The fraction of sp³-hybridized carbons (Fsp3) is 0.462. The molecule has 1 atom stereocenters. The third-order valence-corrected chi connectivity index (χ3v) is 8.44. The fourth-order valence-corrected chi connectivity index (χ4v) is 6.83. The number of benzene rings is 1. The number of halogens is 2. The summed E-state index contributed by atoms with van der Waals surface area (Å²) < 4.78 is 0. The molecule has 2 aromatic carbocycles. The molecule has 0 spiro atoms. The fourth-order valence-electron chi connectivity index (χ4n) is 4.05. The first-order valence-electron chi connectivity index (χ1n) is 11.3. The van der Waals surface area contributed by atoms with Gasteiger partial charge in [0, 0.05) is 0 Å². The maximum absolute atomic E-state index is 4.93. The van der Waals surface area contributed by atoms with Crippen LogP contribution in [0.5, 0.6) is 0 Å². The van der Waals surface area contributed by atoms with E-state index in [1.54, 1.807) is 10.9 Å². The van der Waals surface area contributed by atoms with Crippen molar-refractivity contribution in [3.05, 3.63) is 66.6 Å². The average Bonchev–Trinajstić information content (AvgIpc) is 3.41. The van der Waals surface area contributed by atoms with Crippen LogP contribution in [0.15, 0.2) is 60.2 Å². The molecular formula is C26H35Cl2PZr. The average molecular weight is 541 g/mol. The van der Waals surface area contributed by atoms with Gasteiger partial charge in [-0.2, -0.15) is 6.07 Å². The van der Waals surface area contributed by atoms with E-state index in [-0.39, 0.29) is 7.92 Å². The number of allylic oxidation sites excluding steroid dienone is 4. The SMILES string of the molecule is C1=CCC2CC[CH-]C2=C1.CCCCP(CCCC)c1cc2ccccc2[cH-]1.[Cl][Zr+2][Cl]. The Bertz CT molecular complexity index is 739. The van der Waals surface area contributed by atoms with Crippen LogP contribution in [0.1, 0.15) is 58.8 Å². The van der Waals surface area contributed by atoms with Crippen molar-refractivity contribution in [1.82, 2.24) is 0 Å². The number of unbranched alkanes of at least 4 members (excludes halogenated alkanes) is 2. The normalized spacial score (nSPS) is 16.6. The van der Waals surface area contributed by atoms with Gasteiger partial charge in [0.25, 0.3) is 0 Å². The van der Waals surface area contributed by atoms with Gasteiger partial charge in [0.2, 0.25) is 0 Å². The third kappa shape index (κ3) is 8.90. The van der Waals surface area contributed by atoms with Gasteiger partial charge in [0.15, 0.2) is 0 Å². The van der Waals surface area contributed by atoms with Gasteiger partial charge < -0.3 is 0 Å². The van der Waals surface area contributed by atoms with Gasteiger partial charge in [-0.15, -0.1) is 58.9 Å². The summed E-state index contributed by atoms with van der Waals surface area (Å²) in [6.07, 6.45) is 21.3. The second-order valence-electron chi connectivity index (χ2n) is 7.92. The van der Waals surface area contributed by atoms with E-state index in [1.165, 1.54) is 68.0 Å². The summed E-state index contributed by atoms with van der Waals surface area (Å²) in [4.78, 5) is 0. The summed E-state index contributed by atoms with van der Waals surface area (Å²) >= 11 is -0.826. The van der Waals surface area contributed by atoms with Crippen molar-refractivity contribution in [3.8, 4) is 0 Å². The summed E-state index contributed by atoms with van der Waals surface area (Å²) in [7, 11) is 9.95. The van der Waals surface area contributed by atoms with Crippen LogP contribution >= 0.6 is 24.9 Å². The molecule has 0 nitrogen and oxygen atoms in total. The molecule has 1 saturated carbocycles. The minimum atomic E-state index is -0.826. The van der Waals surface area contributed by atoms with Crippen LogP contribution in [0.4, 0.5) is 0 Å². The van der Waals surface area contributed by atoms with Crippen LogP contribution in [-0.4, -0.2) is 12.3 Å².